The third-order valence-electron chi connectivity index (χ3n) is 3.31. The number of hydrogen-bond donors (Lipinski definition) is 1. The van der Waals surface area contributed by atoms with E-state index in [1.807, 2.05) is 6.20 Å². The van der Waals surface area contributed by atoms with E-state index in [0.29, 0.717) is 0 Å². The Kier molecular flexibility index (Phi) is 5.53. The van der Waals surface area contributed by atoms with Gasteiger partial charge in [-0.25, -0.2) is 0 Å². The Labute approximate surface area is 99.0 Å². The monoisotopic (exact) mass is 223 g/mol. The molecule has 0 amide bonds. The zero-order valence-corrected chi connectivity index (χ0v) is 10.8. The first-order chi connectivity index (χ1) is 7.69. The molecule has 0 spiro atoms. The van der Waals surface area contributed by atoms with E-state index in [1.165, 1.54) is 18.4 Å². The van der Waals surface area contributed by atoms with Gasteiger partial charge in [0.2, 0.25) is 0 Å². The fourth-order valence-electron chi connectivity index (χ4n) is 1.87. The molecule has 0 fully saturated rings. The van der Waals surface area contributed by atoms with Gasteiger partial charge < -0.3 is 5.73 Å². The Morgan fingerprint density at radius 3 is 2.50 bits per heavy atom. The molecule has 0 aromatic carbocycles. The van der Waals surface area contributed by atoms with Crippen molar-refractivity contribution in [3.63, 3.8) is 0 Å². The molecule has 0 saturated heterocycles. The van der Waals surface area contributed by atoms with Crippen molar-refractivity contribution < 1.29 is 0 Å². The lowest BCUT2D eigenvalue weighted by molar-refractivity contribution is 0.395. The van der Waals surface area contributed by atoms with Gasteiger partial charge in [-0.1, -0.05) is 33.6 Å². The van der Waals surface area contributed by atoms with E-state index < -0.39 is 0 Å². The molecule has 0 aliphatic carbocycles. The van der Waals surface area contributed by atoms with Crippen molar-refractivity contribution in [1.29, 1.82) is 0 Å². The first-order valence-electron chi connectivity index (χ1n) is 6.46. The van der Waals surface area contributed by atoms with Crippen LogP contribution in [-0.2, 0) is 13.0 Å². The maximum atomic E-state index is 5.93. The van der Waals surface area contributed by atoms with Crippen LogP contribution >= 0.6 is 0 Å². The molecule has 0 aliphatic rings. The second kappa shape index (κ2) is 6.69. The number of nitrogens with zero attached hydrogens (tertiary/aromatic N) is 2. The van der Waals surface area contributed by atoms with Gasteiger partial charge in [0.1, 0.15) is 0 Å². The molecular formula is C13H25N3. The molecule has 0 aliphatic heterocycles. The molecule has 1 rings (SSSR count). The second-order valence-corrected chi connectivity index (χ2v) is 4.63. The van der Waals surface area contributed by atoms with Gasteiger partial charge >= 0.3 is 0 Å². The molecule has 3 nitrogen and oxygen atoms in total. The summed E-state index contributed by atoms with van der Waals surface area (Å²) in [5.41, 5.74) is 7.19. The van der Waals surface area contributed by atoms with Crippen molar-refractivity contribution >= 4 is 0 Å². The molecule has 0 saturated carbocycles. The summed E-state index contributed by atoms with van der Waals surface area (Å²) in [5.74, 6) is 0.743. The van der Waals surface area contributed by atoms with E-state index >= 15 is 0 Å². The van der Waals surface area contributed by atoms with Crippen molar-refractivity contribution in [2.75, 3.05) is 0 Å². The highest BCUT2D eigenvalue weighted by molar-refractivity contribution is 5.05. The van der Waals surface area contributed by atoms with Gasteiger partial charge in [-0.15, -0.1) is 0 Å². The highest BCUT2D eigenvalue weighted by Gasteiger charge is 2.07. The van der Waals surface area contributed by atoms with Crippen molar-refractivity contribution in [3.8, 4) is 0 Å². The molecule has 0 radical (unpaired) electrons. The van der Waals surface area contributed by atoms with E-state index in [-0.39, 0.29) is 6.04 Å². The van der Waals surface area contributed by atoms with Crippen molar-refractivity contribution in [1.82, 2.24) is 9.78 Å². The summed E-state index contributed by atoms with van der Waals surface area (Å²) < 4.78 is 2.06. The van der Waals surface area contributed by atoms with Crippen LogP contribution in [0.25, 0.3) is 0 Å². The van der Waals surface area contributed by atoms with Crippen LogP contribution in [0.15, 0.2) is 12.4 Å². The summed E-state index contributed by atoms with van der Waals surface area (Å²) in [6.45, 7) is 7.64. The van der Waals surface area contributed by atoms with Crippen molar-refractivity contribution in [3.05, 3.63) is 18.0 Å². The lowest BCUT2D eigenvalue weighted by Gasteiger charge is -2.11. The maximum Gasteiger partial charge on any atom is 0.0522 e. The lowest BCUT2D eigenvalue weighted by atomic mass is 10.0. The van der Waals surface area contributed by atoms with E-state index in [0.717, 1.165) is 25.3 Å². The average molecular weight is 223 g/mol. The highest BCUT2D eigenvalue weighted by Crippen LogP contribution is 2.11. The van der Waals surface area contributed by atoms with Crippen LogP contribution in [0.5, 0.6) is 0 Å². The molecule has 0 bridgehead atoms. The number of hydrogen-bond acceptors (Lipinski definition) is 2. The summed E-state index contributed by atoms with van der Waals surface area (Å²) in [4.78, 5) is 0. The minimum absolute atomic E-state index is 0.269. The molecule has 1 aromatic rings. The first-order valence-corrected chi connectivity index (χ1v) is 6.46. The van der Waals surface area contributed by atoms with Crippen LogP contribution in [0.1, 0.15) is 45.6 Å². The van der Waals surface area contributed by atoms with Crippen LogP contribution in [0, 0.1) is 5.92 Å². The largest absolute Gasteiger partial charge is 0.327 e. The normalized spacial score (nSPS) is 13.3. The van der Waals surface area contributed by atoms with Gasteiger partial charge in [0, 0.05) is 18.8 Å². The predicted octanol–water partition coefficient (Wildman–Crippen LogP) is 2.60. The van der Waals surface area contributed by atoms with Gasteiger partial charge in [-0.05, 0) is 24.3 Å². The summed E-state index contributed by atoms with van der Waals surface area (Å²) in [5, 5.41) is 4.40. The van der Waals surface area contributed by atoms with Gasteiger partial charge in [0.25, 0.3) is 0 Å². The maximum absolute atomic E-state index is 5.93. The summed E-state index contributed by atoms with van der Waals surface area (Å²) in [6, 6.07) is 0.269. The average Bonchev–Trinajstić information content (AvgIpc) is 2.73. The molecule has 16 heavy (non-hydrogen) atoms. The topological polar surface area (TPSA) is 43.8 Å². The van der Waals surface area contributed by atoms with Crippen molar-refractivity contribution in [2.24, 2.45) is 11.7 Å². The Morgan fingerprint density at radius 2 is 1.94 bits per heavy atom. The summed E-state index contributed by atoms with van der Waals surface area (Å²) >= 11 is 0. The molecule has 1 aromatic heterocycles. The quantitative estimate of drug-likeness (QED) is 0.772. The SMILES string of the molecule is CCC(N)Cc1cnn(CC(CC)CC)c1. The van der Waals surface area contributed by atoms with Gasteiger partial charge in [0.05, 0.1) is 6.20 Å². The number of nitrogens with two attached hydrogens (primary N) is 1. The van der Waals surface area contributed by atoms with Gasteiger partial charge in [-0.2, -0.15) is 5.10 Å². The molecular weight excluding hydrogens is 198 g/mol. The molecule has 1 heterocycles. The zero-order chi connectivity index (χ0) is 12.0. The van der Waals surface area contributed by atoms with Crippen LogP contribution in [0.3, 0.4) is 0 Å². The summed E-state index contributed by atoms with van der Waals surface area (Å²) in [7, 11) is 0. The van der Waals surface area contributed by atoms with Gasteiger partial charge in [0.15, 0.2) is 0 Å². The lowest BCUT2D eigenvalue weighted by Crippen LogP contribution is -2.21. The molecule has 2 N–H and O–H groups in total. The molecule has 3 heteroatoms. The van der Waals surface area contributed by atoms with Crippen LogP contribution in [0.4, 0.5) is 0 Å². The van der Waals surface area contributed by atoms with Crippen molar-refractivity contribution in [2.45, 2.75) is 59.0 Å². The number of rotatable bonds is 7. The highest BCUT2D eigenvalue weighted by atomic mass is 15.3. The van der Waals surface area contributed by atoms with Crippen LogP contribution in [0.2, 0.25) is 0 Å². The molecule has 92 valence electrons. The van der Waals surface area contributed by atoms with E-state index in [2.05, 4.69) is 36.7 Å². The number of aromatic nitrogens is 2. The Morgan fingerprint density at radius 1 is 1.25 bits per heavy atom. The van der Waals surface area contributed by atoms with E-state index in [1.54, 1.807) is 0 Å². The van der Waals surface area contributed by atoms with Crippen LogP contribution < -0.4 is 5.73 Å². The van der Waals surface area contributed by atoms with E-state index in [4.69, 9.17) is 5.73 Å². The Bertz CT molecular complexity index is 289. The standard InChI is InChI=1S/C13H25N3/c1-4-11(5-2)9-16-10-12(8-15-16)7-13(14)6-3/h8,10-11,13H,4-7,9,14H2,1-3H3. The molecule has 1 atom stereocenters. The fraction of sp³-hybridized carbons (Fsp3) is 0.769. The Balaban J connectivity index is 2.50. The van der Waals surface area contributed by atoms with Crippen LogP contribution in [-0.4, -0.2) is 15.8 Å². The minimum atomic E-state index is 0.269. The third kappa shape index (κ3) is 3.97. The molecule has 1 unspecified atom stereocenters. The van der Waals surface area contributed by atoms with E-state index in [9.17, 15) is 0 Å². The Hall–Kier alpha value is -0.830. The minimum Gasteiger partial charge on any atom is -0.327 e. The fourth-order valence-corrected chi connectivity index (χ4v) is 1.87. The first kappa shape index (κ1) is 13.2. The third-order valence-corrected chi connectivity index (χ3v) is 3.31. The predicted molar refractivity (Wildman–Crippen MR) is 68.3 cm³/mol. The summed E-state index contributed by atoms with van der Waals surface area (Å²) in [6.07, 6.45) is 8.52. The smallest absolute Gasteiger partial charge is 0.0522 e. The second-order valence-electron chi connectivity index (χ2n) is 4.63. The van der Waals surface area contributed by atoms with Gasteiger partial charge in [-0.3, -0.25) is 4.68 Å². The zero-order valence-electron chi connectivity index (χ0n) is 10.8.